The van der Waals surface area contributed by atoms with E-state index in [9.17, 15) is 0 Å². The third-order valence-corrected chi connectivity index (χ3v) is 4.27. The van der Waals surface area contributed by atoms with Crippen molar-refractivity contribution in [1.82, 2.24) is 15.5 Å². The molecule has 0 unspecified atom stereocenters. The molecule has 6 heteroatoms. The van der Waals surface area contributed by atoms with Crippen LogP contribution in [0, 0.1) is 0 Å². The molecule has 1 aromatic carbocycles. The lowest BCUT2D eigenvalue weighted by Crippen LogP contribution is -2.08. The quantitative estimate of drug-likeness (QED) is 0.837. The van der Waals surface area contributed by atoms with Crippen molar-refractivity contribution in [2.24, 2.45) is 0 Å². The van der Waals surface area contributed by atoms with Crippen molar-refractivity contribution in [2.45, 2.75) is 12.8 Å². The first-order valence-corrected chi connectivity index (χ1v) is 7.62. The number of rotatable bonds is 5. The molecule has 0 saturated carbocycles. The maximum Gasteiger partial charge on any atom is 0.149 e. The lowest BCUT2D eigenvalue weighted by Gasteiger charge is -1.99. The van der Waals surface area contributed by atoms with Crippen LogP contribution < -0.4 is 5.32 Å². The summed E-state index contributed by atoms with van der Waals surface area (Å²) in [7, 11) is 1.95. The molecule has 0 saturated heterocycles. The Morgan fingerprint density at radius 1 is 1.39 bits per heavy atom. The molecule has 18 heavy (non-hydrogen) atoms. The molecule has 2 aromatic rings. The average molecular weight is 347 g/mol. The summed E-state index contributed by atoms with van der Waals surface area (Å²) in [6.07, 6.45) is 2.02. The number of nitrogens with zero attached hydrogens (tertiary/aromatic N) is 2. The van der Waals surface area contributed by atoms with Crippen LogP contribution in [0.1, 0.15) is 11.4 Å². The van der Waals surface area contributed by atoms with Gasteiger partial charge in [0.15, 0.2) is 0 Å². The van der Waals surface area contributed by atoms with E-state index in [1.165, 1.54) is 0 Å². The van der Waals surface area contributed by atoms with Gasteiger partial charge in [0.25, 0.3) is 0 Å². The highest BCUT2D eigenvalue weighted by molar-refractivity contribution is 9.10. The number of benzene rings is 1. The lowest BCUT2D eigenvalue weighted by atomic mass is 10.2. The molecule has 0 atom stereocenters. The second-order valence-electron chi connectivity index (χ2n) is 3.83. The molecule has 0 aliphatic rings. The van der Waals surface area contributed by atoms with Crippen LogP contribution in [0.25, 0.3) is 10.6 Å². The molecule has 0 bridgehead atoms. The molecule has 0 spiro atoms. The number of nitrogens with one attached hydrogen (secondary N) is 1. The van der Waals surface area contributed by atoms with Gasteiger partial charge in [-0.25, -0.2) is 0 Å². The Hall–Kier alpha value is -0.490. The average Bonchev–Trinajstić information content (AvgIpc) is 2.78. The smallest absolute Gasteiger partial charge is 0.149 e. The van der Waals surface area contributed by atoms with Crippen LogP contribution in [0.5, 0.6) is 0 Å². The van der Waals surface area contributed by atoms with Crippen molar-refractivity contribution in [1.29, 1.82) is 0 Å². The Kier molecular flexibility index (Phi) is 5.12. The molecule has 3 nitrogen and oxygen atoms in total. The fraction of sp³-hybridized carbons (Fsp3) is 0.333. The Morgan fingerprint density at radius 2 is 2.22 bits per heavy atom. The van der Waals surface area contributed by atoms with Gasteiger partial charge in [-0.3, -0.25) is 0 Å². The predicted octanol–water partition coefficient (Wildman–Crippen LogP) is 3.77. The lowest BCUT2D eigenvalue weighted by molar-refractivity contribution is 0.718. The van der Waals surface area contributed by atoms with Gasteiger partial charge in [0.05, 0.1) is 5.02 Å². The van der Waals surface area contributed by atoms with E-state index in [2.05, 4.69) is 31.4 Å². The molecule has 0 amide bonds. The summed E-state index contributed by atoms with van der Waals surface area (Å²) in [5, 5.41) is 14.2. The van der Waals surface area contributed by atoms with E-state index in [4.69, 9.17) is 11.6 Å². The zero-order chi connectivity index (χ0) is 13.0. The van der Waals surface area contributed by atoms with E-state index in [1.807, 2.05) is 25.2 Å². The van der Waals surface area contributed by atoms with Gasteiger partial charge in [0.2, 0.25) is 0 Å². The summed E-state index contributed by atoms with van der Waals surface area (Å²) in [5.41, 5.74) is 0.942. The van der Waals surface area contributed by atoms with E-state index in [0.29, 0.717) is 5.02 Å². The third-order valence-electron chi connectivity index (χ3n) is 2.45. The zero-order valence-electron chi connectivity index (χ0n) is 9.91. The largest absolute Gasteiger partial charge is 0.320 e. The Bertz CT molecular complexity index is 530. The molecule has 0 aliphatic carbocycles. The van der Waals surface area contributed by atoms with Crippen LogP contribution in [0.4, 0.5) is 0 Å². The van der Waals surface area contributed by atoms with Crippen molar-refractivity contribution < 1.29 is 0 Å². The highest BCUT2D eigenvalue weighted by Gasteiger charge is 2.10. The maximum absolute atomic E-state index is 6.20. The van der Waals surface area contributed by atoms with Gasteiger partial charge in [-0.2, -0.15) is 0 Å². The molecular formula is C12H13BrClN3S. The minimum absolute atomic E-state index is 0.697. The number of hydrogen-bond donors (Lipinski definition) is 1. The monoisotopic (exact) mass is 345 g/mol. The summed E-state index contributed by atoms with van der Waals surface area (Å²) >= 11 is 11.2. The van der Waals surface area contributed by atoms with Gasteiger partial charge in [-0.15, -0.1) is 10.2 Å². The van der Waals surface area contributed by atoms with E-state index < -0.39 is 0 Å². The Balaban J connectivity index is 2.13. The fourth-order valence-electron chi connectivity index (χ4n) is 1.54. The number of halogens is 2. The molecule has 96 valence electrons. The molecule has 0 fully saturated rings. The zero-order valence-corrected chi connectivity index (χ0v) is 13.1. The van der Waals surface area contributed by atoms with E-state index >= 15 is 0 Å². The van der Waals surface area contributed by atoms with Gasteiger partial charge in [0.1, 0.15) is 10.0 Å². The van der Waals surface area contributed by atoms with E-state index in [1.54, 1.807) is 11.3 Å². The normalized spacial score (nSPS) is 10.8. The van der Waals surface area contributed by atoms with Gasteiger partial charge >= 0.3 is 0 Å². The van der Waals surface area contributed by atoms with Crippen LogP contribution in [0.15, 0.2) is 22.7 Å². The number of aromatic nitrogens is 2. The van der Waals surface area contributed by atoms with Crippen LogP contribution in [0.2, 0.25) is 5.02 Å². The first kappa shape index (κ1) is 13.9. The second kappa shape index (κ2) is 6.61. The van der Waals surface area contributed by atoms with Crippen molar-refractivity contribution in [2.75, 3.05) is 13.6 Å². The van der Waals surface area contributed by atoms with Crippen LogP contribution >= 0.6 is 38.9 Å². The molecule has 2 rings (SSSR count). The molecular weight excluding hydrogens is 334 g/mol. The minimum Gasteiger partial charge on any atom is -0.320 e. The minimum atomic E-state index is 0.697. The van der Waals surface area contributed by atoms with Crippen LogP contribution in [-0.4, -0.2) is 23.8 Å². The first-order chi connectivity index (χ1) is 8.70. The number of aryl methyl sites for hydroxylation is 1. The Labute approximate surface area is 124 Å². The molecule has 0 radical (unpaired) electrons. The van der Waals surface area contributed by atoms with E-state index in [-0.39, 0.29) is 0 Å². The Morgan fingerprint density at radius 3 is 2.94 bits per heavy atom. The van der Waals surface area contributed by atoms with Gasteiger partial charge in [0, 0.05) is 16.5 Å². The summed E-state index contributed by atoms with van der Waals surface area (Å²) < 4.78 is 0.968. The summed E-state index contributed by atoms with van der Waals surface area (Å²) in [6.45, 7) is 0.994. The summed E-state index contributed by atoms with van der Waals surface area (Å²) in [6, 6.07) is 5.80. The van der Waals surface area contributed by atoms with Crippen molar-refractivity contribution in [3.05, 3.63) is 32.7 Å². The van der Waals surface area contributed by atoms with Crippen molar-refractivity contribution in [3.8, 4) is 10.6 Å². The van der Waals surface area contributed by atoms with E-state index in [0.717, 1.165) is 39.4 Å². The third kappa shape index (κ3) is 3.51. The van der Waals surface area contributed by atoms with Crippen molar-refractivity contribution >= 4 is 38.9 Å². The van der Waals surface area contributed by atoms with Crippen LogP contribution in [0.3, 0.4) is 0 Å². The molecule has 1 aromatic heterocycles. The highest BCUT2D eigenvalue weighted by atomic mass is 79.9. The van der Waals surface area contributed by atoms with Gasteiger partial charge in [-0.1, -0.05) is 38.9 Å². The number of hydrogen-bond acceptors (Lipinski definition) is 4. The standard InChI is InChI=1S/C12H13BrClN3S/c1-15-6-2-3-11-16-17-12(18-11)9-5-4-8(13)7-10(9)14/h4-5,7,15H,2-3,6H2,1H3. The second-order valence-corrected chi connectivity index (χ2v) is 6.22. The van der Waals surface area contributed by atoms with Crippen molar-refractivity contribution in [3.63, 3.8) is 0 Å². The van der Waals surface area contributed by atoms with Gasteiger partial charge in [-0.05, 0) is 38.2 Å². The fourth-order valence-corrected chi connectivity index (χ4v) is 3.28. The predicted molar refractivity (Wildman–Crippen MR) is 80.3 cm³/mol. The summed E-state index contributed by atoms with van der Waals surface area (Å²) in [4.78, 5) is 0. The first-order valence-electron chi connectivity index (χ1n) is 5.63. The maximum atomic E-state index is 6.20. The van der Waals surface area contributed by atoms with Crippen LogP contribution in [-0.2, 0) is 6.42 Å². The highest BCUT2D eigenvalue weighted by Crippen LogP contribution is 2.32. The molecule has 0 aliphatic heterocycles. The SMILES string of the molecule is CNCCCc1nnc(-c2ccc(Br)cc2Cl)s1. The van der Waals surface area contributed by atoms with Gasteiger partial charge < -0.3 is 5.32 Å². The summed E-state index contributed by atoms with van der Waals surface area (Å²) in [5.74, 6) is 0. The topological polar surface area (TPSA) is 37.8 Å². The molecule has 1 N–H and O–H groups in total. The molecule has 1 heterocycles.